The molecule has 4 N–H and O–H groups in total. The van der Waals surface area contributed by atoms with Crippen LogP contribution in [0.15, 0.2) is 0 Å². The van der Waals surface area contributed by atoms with Gasteiger partial charge in [-0.1, -0.05) is 0 Å². The molecule has 92 valence electrons. The number of esters is 1. The molecule has 0 aliphatic carbocycles. The molecule has 0 aromatic heterocycles. The second-order valence-electron chi connectivity index (χ2n) is 3.22. The van der Waals surface area contributed by atoms with Gasteiger partial charge in [0.15, 0.2) is 0 Å². The van der Waals surface area contributed by atoms with E-state index in [1.165, 1.54) is 7.11 Å². The lowest BCUT2D eigenvalue weighted by Gasteiger charge is -2.36. The van der Waals surface area contributed by atoms with Crippen molar-refractivity contribution in [2.45, 2.75) is 12.0 Å². The molecule has 1 heterocycles. The van der Waals surface area contributed by atoms with Crippen molar-refractivity contribution in [1.82, 2.24) is 0 Å². The Balaban J connectivity index is 0.000000325. The average molecular weight is 235 g/mol. The summed E-state index contributed by atoms with van der Waals surface area (Å²) in [6, 6.07) is 0. The van der Waals surface area contributed by atoms with Gasteiger partial charge in [-0.05, 0) is 0 Å². The van der Waals surface area contributed by atoms with E-state index in [0.29, 0.717) is 13.2 Å². The van der Waals surface area contributed by atoms with E-state index in [9.17, 15) is 4.79 Å². The van der Waals surface area contributed by atoms with Crippen LogP contribution in [0.2, 0.25) is 0 Å². The van der Waals surface area contributed by atoms with Crippen LogP contribution >= 0.6 is 0 Å². The Morgan fingerprint density at radius 1 is 1.31 bits per heavy atom. The quantitative estimate of drug-likeness (QED) is 0.386. The Morgan fingerprint density at radius 2 is 1.75 bits per heavy atom. The molecule has 0 aromatic rings. The Labute approximate surface area is 90.9 Å². The van der Waals surface area contributed by atoms with Gasteiger partial charge < -0.3 is 25.4 Å². The molecule has 1 aliphatic rings. The predicted octanol–water partition coefficient (Wildman–Crippen LogP) is -1.57. The van der Waals surface area contributed by atoms with Gasteiger partial charge in [-0.2, -0.15) is 0 Å². The molecule has 1 rings (SSSR count). The van der Waals surface area contributed by atoms with E-state index in [0.717, 1.165) is 0 Å². The van der Waals surface area contributed by atoms with Crippen LogP contribution < -0.4 is 5.73 Å². The molecule has 0 aromatic carbocycles. The van der Waals surface area contributed by atoms with Crippen molar-refractivity contribution in [1.29, 1.82) is 0 Å². The topological polar surface area (TPSA) is 136 Å². The molecular formula is C8H13NO7. The molecule has 1 fully saturated rings. The molecule has 0 saturated carbocycles. The van der Waals surface area contributed by atoms with Gasteiger partial charge in [-0.3, -0.25) is 4.79 Å². The first-order chi connectivity index (χ1) is 7.30. The zero-order chi connectivity index (χ0) is 12.8. The summed E-state index contributed by atoms with van der Waals surface area (Å²) in [6.07, 6.45) is 0.253. The van der Waals surface area contributed by atoms with Gasteiger partial charge in [0.2, 0.25) is 0 Å². The number of rotatable bonds is 2. The number of carbonyl (C=O) groups excluding carboxylic acids is 1. The van der Waals surface area contributed by atoms with Gasteiger partial charge in [0.1, 0.15) is 0 Å². The number of carbonyl (C=O) groups is 3. The van der Waals surface area contributed by atoms with Crippen molar-refractivity contribution in [2.24, 2.45) is 5.73 Å². The van der Waals surface area contributed by atoms with Gasteiger partial charge in [-0.15, -0.1) is 0 Å². The minimum Gasteiger partial charge on any atom is -0.473 e. The van der Waals surface area contributed by atoms with Crippen LogP contribution in [0.4, 0.5) is 0 Å². The monoisotopic (exact) mass is 235 g/mol. The van der Waals surface area contributed by atoms with Crippen LogP contribution in [0, 0.1) is 0 Å². The summed E-state index contributed by atoms with van der Waals surface area (Å²) in [5.74, 6) is -3.92. The highest BCUT2D eigenvalue weighted by atomic mass is 16.5. The number of hydrogen-bond acceptors (Lipinski definition) is 6. The summed E-state index contributed by atoms with van der Waals surface area (Å²) >= 11 is 0. The van der Waals surface area contributed by atoms with E-state index in [2.05, 4.69) is 4.74 Å². The van der Waals surface area contributed by atoms with Gasteiger partial charge >= 0.3 is 17.9 Å². The maximum Gasteiger partial charge on any atom is 0.414 e. The van der Waals surface area contributed by atoms with Crippen molar-refractivity contribution < 1.29 is 34.1 Å². The van der Waals surface area contributed by atoms with Crippen LogP contribution in [0.5, 0.6) is 0 Å². The summed E-state index contributed by atoms with van der Waals surface area (Å²) in [6.45, 7) is 0.921. The average Bonchev–Trinajstić information content (AvgIpc) is 2.16. The number of carboxylic acid groups (broad SMARTS) is 2. The van der Waals surface area contributed by atoms with Crippen molar-refractivity contribution >= 4 is 17.9 Å². The van der Waals surface area contributed by atoms with E-state index < -0.39 is 17.5 Å². The standard InChI is InChI=1S/C6H11NO3.C2H2O4/c1-9-5(8)2-6(7)3-10-4-6;3-1(4)2(5)6/h2-4,7H2,1H3;(H,3,4)(H,5,6). The molecule has 8 heteroatoms. The van der Waals surface area contributed by atoms with Crippen molar-refractivity contribution in [3.63, 3.8) is 0 Å². The lowest BCUT2D eigenvalue weighted by atomic mass is 9.95. The number of ether oxygens (including phenoxy) is 2. The normalized spacial score (nSPS) is 16.1. The second-order valence-corrected chi connectivity index (χ2v) is 3.22. The van der Waals surface area contributed by atoms with Crippen molar-refractivity contribution in [3.8, 4) is 0 Å². The fraction of sp³-hybridized carbons (Fsp3) is 0.625. The number of methoxy groups -OCH3 is 1. The first-order valence-electron chi connectivity index (χ1n) is 4.20. The molecule has 0 bridgehead atoms. The highest BCUT2D eigenvalue weighted by Gasteiger charge is 2.36. The van der Waals surface area contributed by atoms with Crippen LogP contribution in [-0.2, 0) is 23.9 Å². The highest BCUT2D eigenvalue weighted by molar-refractivity contribution is 6.27. The third-order valence-corrected chi connectivity index (χ3v) is 1.69. The van der Waals surface area contributed by atoms with E-state index in [1.807, 2.05) is 0 Å². The largest absolute Gasteiger partial charge is 0.473 e. The number of nitrogens with two attached hydrogens (primary N) is 1. The van der Waals surface area contributed by atoms with E-state index >= 15 is 0 Å². The predicted molar refractivity (Wildman–Crippen MR) is 49.6 cm³/mol. The fourth-order valence-corrected chi connectivity index (χ4v) is 0.826. The summed E-state index contributed by atoms with van der Waals surface area (Å²) < 4.78 is 9.30. The highest BCUT2D eigenvalue weighted by Crippen LogP contribution is 2.17. The summed E-state index contributed by atoms with van der Waals surface area (Å²) in [4.78, 5) is 28.9. The number of hydrogen-bond donors (Lipinski definition) is 3. The van der Waals surface area contributed by atoms with E-state index in [4.69, 9.17) is 30.3 Å². The van der Waals surface area contributed by atoms with Gasteiger partial charge in [0.05, 0.1) is 32.3 Å². The Hall–Kier alpha value is -1.67. The van der Waals surface area contributed by atoms with Crippen LogP contribution in [-0.4, -0.2) is 54.0 Å². The zero-order valence-electron chi connectivity index (χ0n) is 8.63. The van der Waals surface area contributed by atoms with Gasteiger partial charge in [0.25, 0.3) is 0 Å². The molecule has 1 aliphatic heterocycles. The number of carboxylic acids is 2. The maximum absolute atomic E-state index is 10.7. The van der Waals surface area contributed by atoms with Crippen LogP contribution in [0.25, 0.3) is 0 Å². The third-order valence-electron chi connectivity index (χ3n) is 1.69. The SMILES string of the molecule is COC(=O)CC1(N)COC1.O=C(O)C(=O)O. The molecular weight excluding hydrogens is 222 g/mol. The van der Waals surface area contributed by atoms with Crippen molar-refractivity contribution in [3.05, 3.63) is 0 Å². The van der Waals surface area contributed by atoms with Gasteiger partial charge in [0, 0.05) is 0 Å². The minimum absolute atomic E-state index is 0.253. The maximum atomic E-state index is 10.7. The van der Waals surface area contributed by atoms with Crippen molar-refractivity contribution in [2.75, 3.05) is 20.3 Å². The minimum atomic E-state index is -1.82. The number of aliphatic carboxylic acids is 2. The summed E-state index contributed by atoms with van der Waals surface area (Å²) in [5, 5.41) is 14.8. The lowest BCUT2D eigenvalue weighted by Crippen LogP contribution is -2.58. The molecule has 8 nitrogen and oxygen atoms in total. The third kappa shape index (κ3) is 5.27. The van der Waals surface area contributed by atoms with Gasteiger partial charge in [-0.25, -0.2) is 9.59 Å². The first kappa shape index (κ1) is 14.3. The fourth-order valence-electron chi connectivity index (χ4n) is 0.826. The smallest absolute Gasteiger partial charge is 0.414 e. The summed E-state index contributed by atoms with van der Waals surface area (Å²) in [7, 11) is 1.35. The Bertz CT molecular complexity index is 272. The second kappa shape index (κ2) is 6.03. The van der Waals surface area contributed by atoms with E-state index in [-0.39, 0.29) is 12.4 Å². The zero-order valence-corrected chi connectivity index (χ0v) is 8.63. The van der Waals surface area contributed by atoms with Crippen LogP contribution in [0.3, 0.4) is 0 Å². The molecule has 0 radical (unpaired) electrons. The van der Waals surface area contributed by atoms with E-state index in [1.54, 1.807) is 0 Å². The lowest BCUT2D eigenvalue weighted by molar-refractivity contribution is -0.159. The Morgan fingerprint density at radius 3 is 1.94 bits per heavy atom. The molecule has 0 atom stereocenters. The first-order valence-corrected chi connectivity index (χ1v) is 4.20. The molecule has 0 unspecified atom stereocenters. The Kier molecular flexibility index (Phi) is 5.40. The van der Waals surface area contributed by atoms with Crippen LogP contribution in [0.1, 0.15) is 6.42 Å². The molecule has 0 spiro atoms. The molecule has 1 saturated heterocycles. The molecule has 0 amide bonds. The summed E-state index contributed by atoms with van der Waals surface area (Å²) in [5.41, 5.74) is 5.20. The molecule has 16 heavy (non-hydrogen) atoms.